The van der Waals surface area contributed by atoms with E-state index in [-0.39, 0.29) is 0 Å². The number of imidazole rings is 1. The SMILES string of the molecule is CCOC(=O)/C(=C/NN(C)C)c1nc2ccccc2[nH]1. The number of para-hydroxylation sites is 2. The van der Waals surface area contributed by atoms with Crippen LogP contribution in [0.25, 0.3) is 16.6 Å². The van der Waals surface area contributed by atoms with Gasteiger partial charge in [-0.25, -0.2) is 14.8 Å². The largest absolute Gasteiger partial charge is 0.462 e. The smallest absolute Gasteiger partial charge is 0.343 e. The molecule has 0 aliphatic carbocycles. The van der Waals surface area contributed by atoms with Crippen LogP contribution in [0.15, 0.2) is 30.5 Å². The molecule has 0 aliphatic heterocycles. The second-order valence-corrected chi connectivity index (χ2v) is 4.40. The number of fused-ring (bicyclic) bond motifs is 1. The fourth-order valence-electron chi connectivity index (χ4n) is 1.71. The van der Waals surface area contributed by atoms with Gasteiger partial charge >= 0.3 is 5.97 Å². The van der Waals surface area contributed by atoms with Crippen LogP contribution < -0.4 is 5.43 Å². The first kappa shape index (κ1) is 14.1. The van der Waals surface area contributed by atoms with Crippen molar-refractivity contribution < 1.29 is 9.53 Å². The van der Waals surface area contributed by atoms with E-state index in [9.17, 15) is 4.79 Å². The Morgan fingerprint density at radius 2 is 2.20 bits per heavy atom. The molecule has 0 saturated carbocycles. The lowest BCUT2D eigenvalue weighted by atomic mass is 10.3. The van der Waals surface area contributed by atoms with Gasteiger partial charge in [0.15, 0.2) is 0 Å². The minimum Gasteiger partial charge on any atom is -0.462 e. The predicted molar refractivity (Wildman–Crippen MR) is 77.5 cm³/mol. The molecule has 2 aromatic rings. The summed E-state index contributed by atoms with van der Waals surface area (Å²) >= 11 is 0. The van der Waals surface area contributed by atoms with Crippen molar-refractivity contribution in [1.82, 2.24) is 20.4 Å². The minimum atomic E-state index is -0.416. The van der Waals surface area contributed by atoms with Crippen LogP contribution in [0.1, 0.15) is 12.7 Å². The number of hydrazine groups is 1. The van der Waals surface area contributed by atoms with Gasteiger partial charge < -0.3 is 15.1 Å². The number of hydrogen-bond acceptors (Lipinski definition) is 5. The number of carbonyl (C=O) groups excluding carboxylic acids is 1. The molecular formula is C14H18N4O2. The Bertz CT molecular complexity index is 598. The molecule has 0 bridgehead atoms. The number of nitrogens with one attached hydrogen (secondary N) is 2. The number of H-pyrrole nitrogens is 1. The number of aromatic nitrogens is 2. The first-order valence-electron chi connectivity index (χ1n) is 6.37. The summed E-state index contributed by atoms with van der Waals surface area (Å²) in [5.41, 5.74) is 4.98. The van der Waals surface area contributed by atoms with Crippen molar-refractivity contribution in [3.05, 3.63) is 36.3 Å². The number of esters is 1. The van der Waals surface area contributed by atoms with Crippen molar-refractivity contribution in [3.8, 4) is 0 Å². The normalized spacial score (nSPS) is 11.9. The molecule has 0 fully saturated rings. The summed E-state index contributed by atoms with van der Waals surface area (Å²) in [6, 6.07) is 7.61. The Morgan fingerprint density at radius 3 is 2.85 bits per heavy atom. The molecule has 0 radical (unpaired) electrons. The van der Waals surface area contributed by atoms with E-state index >= 15 is 0 Å². The Morgan fingerprint density at radius 1 is 1.45 bits per heavy atom. The summed E-state index contributed by atoms with van der Waals surface area (Å²) in [7, 11) is 3.66. The van der Waals surface area contributed by atoms with Crippen molar-refractivity contribution in [2.45, 2.75) is 6.92 Å². The van der Waals surface area contributed by atoms with Crippen molar-refractivity contribution >= 4 is 22.6 Å². The first-order valence-corrected chi connectivity index (χ1v) is 6.37. The number of aromatic amines is 1. The van der Waals surface area contributed by atoms with Crippen LogP contribution in [-0.2, 0) is 9.53 Å². The zero-order valence-electron chi connectivity index (χ0n) is 11.8. The van der Waals surface area contributed by atoms with Crippen molar-refractivity contribution in [3.63, 3.8) is 0 Å². The molecule has 0 saturated heterocycles. The third-order valence-corrected chi connectivity index (χ3v) is 2.61. The average molecular weight is 274 g/mol. The second kappa shape index (κ2) is 6.21. The molecule has 2 N–H and O–H groups in total. The standard InChI is InChI=1S/C14H18N4O2/c1-4-20-14(19)10(9-15-18(2)3)13-16-11-7-5-6-8-12(11)17-13/h5-9,15H,4H2,1-3H3,(H,16,17)/b10-9+. The highest BCUT2D eigenvalue weighted by Crippen LogP contribution is 2.17. The van der Waals surface area contributed by atoms with Crippen LogP contribution in [0.3, 0.4) is 0 Å². The fourth-order valence-corrected chi connectivity index (χ4v) is 1.71. The summed E-state index contributed by atoms with van der Waals surface area (Å²) in [6.45, 7) is 2.09. The van der Waals surface area contributed by atoms with E-state index in [1.807, 2.05) is 38.4 Å². The molecule has 106 valence electrons. The van der Waals surface area contributed by atoms with Gasteiger partial charge in [-0.3, -0.25) is 0 Å². The van der Waals surface area contributed by atoms with Crippen LogP contribution in [0.4, 0.5) is 0 Å². The topological polar surface area (TPSA) is 70.2 Å². The van der Waals surface area contributed by atoms with Gasteiger partial charge in [-0.1, -0.05) is 12.1 Å². The van der Waals surface area contributed by atoms with E-state index in [1.54, 1.807) is 18.1 Å². The van der Waals surface area contributed by atoms with E-state index in [4.69, 9.17) is 4.74 Å². The van der Waals surface area contributed by atoms with E-state index in [0.717, 1.165) is 11.0 Å². The highest BCUT2D eigenvalue weighted by Gasteiger charge is 2.17. The quantitative estimate of drug-likeness (QED) is 0.491. The van der Waals surface area contributed by atoms with Gasteiger partial charge in [0.05, 0.1) is 17.6 Å². The van der Waals surface area contributed by atoms with Crippen LogP contribution in [0.2, 0.25) is 0 Å². The lowest BCUT2D eigenvalue weighted by Crippen LogP contribution is -2.26. The van der Waals surface area contributed by atoms with Gasteiger partial charge in [0.25, 0.3) is 0 Å². The Labute approximate surface area is 117 Å². The predicted octanol–water partition coefficient (Wildman–Crippen LogP) is 1.53. The van der Waals surface area contributed by atoms with Crippen LogP contribution in [-0.4, -0.2) is 41.6 Å². The second-order valence-electron chi connectivity index (χ2n) is 4.40. The highest BCUT2D eigenvalue weighted by molar-refractivity contribution is 6.15. The lowest BCUT2D eigenvalue weighted by molar-refractivity contribution is -0.136. The van der Waals surface area contributed by atoms with Gasteiger partial charge in [-0.2, -0.15) is 0 Å². The van der Waals surface area contributed by atoms with Crippen LogP contribution >= 0.6 is 0 Å². The van der Waals surface area contributed by atoms with E-state index in [2.05, 4.69) is 15.4 Å². The monoisotopic (exact) mass is 274 g/mol. The molecular weight excluding hydrogens is 256 g/mol. The highest BCUT2D eigenvalue weighted by atomic mass is 16.5. The minimum absolute atomic E-state index is 0.318. The third-order valence-electron chi connectivity index (χ3n) is 2.61. The Hall–Kier alpha value is -2.34. The van der Waals surface area contributed by atoms with Crippen molar-refractivity contribution in [2.24, 2.45) is 0 Å². The van der Waals surface area contributed by atoms with E-state index in [0.29, 0.717) is 18.0 Å². The summed E-state index contributed by atoms with van der Waals surface area (Å²) in [5, 5.41) is 1.72. The maximum Gasteiger partial charge on any atom is 0.343 e. The molecule has 2 rings (SSSR count). The zero-order chi connectivity index (χ0) is 14.5. The molecule has 6 nitrogen and oxygen atoms in total. The van der Waals surface area contributed by atoms with Gasteiger partial charge in [-0.15, -0.1) is 0 Å². The molecule has 0 atom stereocenters. The molecule has 0 spiro atoms. The number of nitrogens with zero attached hydrogens (tertiary/aromatic N) is 2. The molecule has 1 heterocycles. The number of ether oxygens (including phenoxy) is 1. The molecule has 6 heteroatoms. The number of hydrogen-bond donors (Lipinski definition) is 2. The maximum atomic E-state index is 12.0. The summed E-state index contributed by atoms with van der Waals surface area (Å²) in [5.74, 6) is 0.0694. The molecule has 20 heavy (non-hydrogen) atoms. The Balaban J connectivity index is 2.39. The van der Waals surface area contributed by atoms with Gasteiger partial charge in [-0.05, 0) is 19.1 Å². The molecule has 0 aliphatic rings. The summed E-state index contributed by atoms with van der Waals surface area (Å²) < 4.78 is 5.06. The van der Waals surface area contributed by atoms with Gasteiger partial charge in [0.2, 0.25) is 0 Å². The number of rotatable bonds is 5. The number of benzene rings is 1. The van der Waals surface area contributed by atoms with Crippen LogP contribution in [0.5, 0.6) is 0 Å². The fraction of sp³-hybridized carbons (Fsp3) is 0.286. The first-order chi connectivity index (χ1) is 9.61. The van der Waals surface area contributed by atoms with Gasteiger partial charge in [0.1, 0.15) is 11.4 Å². The zero-order valence-corrected chi connectivity index (χ0v) is 11.8. The van der Waals surface area contributed by atoms with E-state index in [1.165, 1.54) is 0 Å². The van der Waals surface area contributed by atoms with E-state index < -0.39 is 5.97 Å². The molecule has 0 amide bonds. The van der Waals surface area contributed by atoms with Crippen molar-refractivity contribution in [1.29, 1.82) is 0 Å². The third kappa shape index (κ3) is 3.16. The van der Waals surface area contributed by atoms with Crippen molar-refractivity contribution in [2.75, 3.05) is 20.7 Å². The lowest BCUT2D eigenvalue weighted by Gasteiger charge is -2.10. The van der Waals surface area contributed by atoms with Crippen LogP contribution in [0, 0.1) is 0 Å². The maximum absolute atomic E-state index is 12.0. The van der Waals surface area contributed by atoms with Gasteiger partial charge in [0, 0.05) is 20.3 Å². The number of carbonyl (C=O) groups is 1. The molecule has 1 aromatic heterocycles. The summed E-state index contributed by atoms with van der Waals surface area (Å²) in [4.78, 5) is 19.6. The summed E-state index contributed by atoms with van der Waals surface area (Å²) in [6.07, 6.45) is 1.58. The Kier molecular flexibility index (Phi) is 4.37. The average Bonchev–Trinajstić information content (AvgIpc) is 2.82. The molecule has 1 aromatic carbocycles. The molecule has 0 unspecified atom stereocenters.